The Hall–Kier alpha value is -2.28. The highest BCUT2D eigenvalue weighted by Gasteiger charge is 2.19. The number of aromatic carboxylic acids is 1. The molecule has 0 radical (unpaired) electrons. The van der Waals surface area contributed by atoms with Crippen molar-refractivity contribution in [1.29, 1.82) is 0 Å². The molecule has 0 saturated heterocycles. The minimum Gasteiger partial charge on any atom is -0.478 e. The van der Waals surface area contributed by atoms with E-state index in [9.17, 15) is 9.59 Å². The Morgan fingerprint density at radius 2 is 2.00 bits per heavy atom. The van der Waals surface area contributed by atoms with Crippen LogP contribution in [0.5, 0.6) is 0 Å². The van der Waals surface area contributed by atoms with Crippen LogP contribution in [0.25, 0.3) is 0 Å². The minimum absolute atomic E-state index is 0.0628. The molecule has 0 aliphatic rings. The number of nitrogens with zero attached hydrogens (tertiary/aromatic N) is 1. The first-order valence-corrected chi connectivity index (χ1v) is 6.35. The zero-order valence-corrected chi connectivity index (χ0v) is 12.0. The molecule has 6 nitrogen and oxygen atoms in total. The molecule has 2 aromatic rings. The molecule has 20 heavy (non-hydrogen) atoms. The number of hydrogen-bond donors (Lipinski definition) is 2. The molecule has 1 aromatic carbocycles. The Morgan fingerprint density at radius 3 is 2.50 bits per heavy atom. The van der Waals surface area contributed by atoms with Gasteiger partial charge in [-0.2, -0.15) is 0 Å². The van der Waals surface area contributed by atoms with Crippen molar-refractivity contribution in [3.05, 3.63) is 46.3 Å². The number of anilines is 2. The highest BCUT2D eigenvalue weighted by molar-refractivity contribution is 9.10. The van der Waals surface area contributed by atoms with Gasteiger partial charge in [-0.15, -0.1) is 0 Å². The second-order valence-corrected chi connectivity index (χ2v) is 4.83. The van der Waals surface area contributed by atoms with Crippen molar-refractivity contribution in [2.24, 2.45) is 0 Å². The molecular weight excluding hydrogens is 328 g/mol. The maximum atomic E-state index is 12.2. The fourth-order valence-electron chi connectivity index (χ4n) is 1.70. The van der Waals surface area contributed by atoms with Crippen LogP contribution < -0.4 is 10.6 Å². The number of furan rings is 1. The predicted octanol–water partition coefficient (Wildman–Crippen LogP) is 2.60. The highest BCUT2D eigenvalue weighted by Crippen LogP contribution is 2.25. The van der Waals surface area contributed by atoms with Crippen LogP contribution in [0.2, 0.25) is 0 Å². The Bertz CT molecular complexity index is 681. The SMILES string of the molecule is CN(C(=O)c1ccc(Br)o1)c1ccc(C(=O)O)cc1N. The molecule has 0 aliphatic heterocycles. The number of carboxylic acid groups (broad SMARTS) is 1. The summed E-state index contributed by atoms with van der Waals surface area (Å²) in [6, 6.07) is 7.31. The highest BCUT2D eigenvalue weighted by atomic mass is 79.9. The van der Waals surface area contributed by atoms with Crippen LogP contribution in [0.3, 0.4) is 0 Å². The van der Waals surface area contributed by atoms with Gasteiger partial charge in [-0.3, -0.25) is 4.79 Å². The number of carbonyl (C=O) groups excluding carboxylic acids is 1. The summed E-state index contributed by atoms with van der Waals surface area (Å²) < 4.78 is 5.63. The number of hydrogen-bond acceptors (Lipinski definition) is 4. The van der Waals surface area contributed by atoms with Crippen LogP contribution in [0.15, 0.2) is 39.4 Å². The van der Waals surface area contributed by atoms with E-state index in [0.717, 1.165) is 0 Å². The third-order valence-corrected chi connectivity index (χ3v) is 3.15. The van der Waals surface area contributed by atoms with E-state index in [1.54, 1.807) is 6.07 Å². The lowest BCUT2D eigenvalue weighted by molar-refractivity contribution is 0.0697. The van der Waals surface area contributed by atoms with Crippen molar-refractivity contribution in [1.82, 2.24) is 0 Å². The second-order valence-electron chi connectivity index (χ2n) is 4.05. The molecule has 0 saturated carbocycles. The van der Waals surface area contributed by atoms with Gasteiger partial charge in [0.15, 0.2) is 10.4 Å². The first-order chi connectivity index (χ1) is 9.40. The molecule has 0 bridgehead atoms. The van der Waals surface area contributed by atoms with Crippen molar-refractivity contribution < 1.29 is 19.1 Å². The smallest absolute Gasteiger partial charge is 0.335 e. The number of rotatable bonds is 3. The van der Waals surface area contributed by atoms with E-state index in [2.05, 4.69) is 15.9 Å². The summed E-state index contributed by atoms with van der Waals surface area (Å²) in [7, 11) is 1.53. The normalized spacial score (nSPS) is 10.3. The number of carboxylic acids is 1. The molecule has 0 fully saturated rings. The molecule has 1 amide bonds. The number of nitrogen functional groups attached to an aromatic ring is 1. The number of nitrogens with two attached hydrogens (primary N) is 1. The molecule has 104 valence electrons. The van der Waals surface area contributed by atoms with E-state index >= 15 is 0 Å². The largest absolute Gasteiger partial charge is 0.478 e. The van der Waals surface area contributed by atoms with Crippen LogP contribution in [-0.2, 0) is 0 Å². The van der Waals surface area contributed by atoms with Gasteiger partial charge in [-0.25, -0.2) is 4.79 Å². The third kappa shape index (κ3) is 2.67. The monoisotopic (exact) mass is 338 g/mol. The summed E-state index contributed by atoms with van der Waals surface area (Å²) in [4.78, 5) is 24.3. The lowest BCUT2D eigenvalue weighted by atomic mass is 10.1. The van der Waals surface area contributed by atoms with Crippen molar-refractivity contribution in [2.75, 3.05) is 17.7 Å². The van der Waals surface area contributed by atoms with E-state index in [4.69, 9.17) is 15.3 Å². The first-order valence-electron chi connectivity index (χ1n) is 5.56. The van der Waals surface area contributed by atoms with E-state index < -0.39 is 5.97 Å². The summed E-state index contributed by atoms with van der Waals surface area (Å²) in [6.07, 6.45) is 0. The van der Waals surface area contributed by atoms with Gasteiger partial charge in [0, 0.05) is 7.05 Å². The van der Waals surface area contributed by atoms with E-state index in [1.165, 1.54) is 36.2 Å². The maximum absolute atomic E-state index is 12.2. The first kappa shape index (κ1) is 14.1. The molecule has 0 unspecified atom stereocenters. The van der Waals surface area contributed by atoms with Crippen molar-refractivity contribution >= 4 is 39.2 Å². The fraction of sp³-hybridized carbons (Fsp3) is 0.0769. The Kier molecular flexibility index (Phi) is 3.80. The second kappa shape index (κ2) is 5.38. The average molecular weight is 339 g/mol. The van der Waals surface area contributed by atoms with Crippen LogP contribution in [0.1, 0.15) is 20.9 Å². The molecule has 0 aliphatic carbocycles. The molecule has 3 N–H and O–H groups in total. The Labute approximate surface area is 122 Å². The van der Waals surface area contributed by atoms with Crippen LogP contribution in [-0.4, -0.2) is 24.0 Å². The quantitative estimate of drug-likeness (QED) is 0.838. The van der Waals surface area contributed by atoms with Crippen LogP contribution in [0.4, 0.5) is 11.4 Å². The van der Waals surface area contributed by atoms with E-state index in [0.29, 0.717) is 10.4 Å². The number of halogens is 1. The number of carbonyl (C=O) groups is 2. The summed E-state index contributed by atoms with van der Waals surface area (Å²) in [6.45, 7) is 0. The van der Waals surface area contributed by atoms with Crippen LogP contribution in [0, 0.1) is 0 Å². The van der Waals surface area contributed by atoms with Crippen molar-refractivity contribution in [2.45, 2.75) is 0 Å². The number of amides is 1. The molecule has 0 atom stereocenters. The molecule has 1 heterocycles. The van der Waals surface area contributed by atoms with Crippen LogP contribution >= 0.6 is 15.9 Å². The molecule has 0 spiro atoms. The third-order valence-electron chi connectivity index (χ3n) is 2.72. The zero-order chi connectivity index (χ0) is 14.9. The van der Waals surface area contributed by atoms with Gasteiger partial charge < -0.3 is 20.2 Å². The average Bonchev–Trinajstić information content (AvgIpc) is 2.83. The maximum Gasteiger partial charge on any atom is 0.335 e. The molecule has 7 heteroatoms. The van der Waals surface area contributed by atoms with Gasteiger partial charge in [0.25, 0.3) is 5.91 Å². The molecular formula is C13H11BrN2O4. The fourth-order valence-corrected chi connectivity index (χ4v) is 2.00. The lowest BCUT2D eigenvalue weighted by Gasteiger charge is -2.18. The van der Waals surface area contributed by atoms with Gasteiger partial charge in [0.05, 0.1) is 16.9 Å². The van der Waals surface area contributed by atoms with Gasteiger partial charge >= 0.3 is 5.97 Å². The van der Waals surface area contributed by atoms with Gasteiger partial charge in [0.1, 0.15) is 0 Å². The Balaban J connectivity index is 2.31. The summed E-state index contributed by atoms with van der Waals surface area (Å²) in [5.74, 6) is -1.31. The number of benzene rings is 1. The van der Waals surface area contributed by atoms with Gasteiger partial charge in [0.2, 0.25) is 0 Å². The zero-order valence-electron chi connectivity index (χ0n) is 10.5. The Morgan fingerprint density at radius 1 is 1.30 bits per heavy atom. The van der Waals surface area contributed by atoms with E-state index in [-0.39, 0.29) is 22.9 Å². The summed E-state index contributed by atoms with van der Waals surface area (Å²) >= 11 is 3.12. The summed E-state index contributed by atoms with van der Waals surface area (Å²) in [5, 5.41) is 8.87. The standard InChI is InChI=1S/C13H11BrN2O4/c1-16(12(17)10-4-5-11(14)20-10)9-3-2-7(13(18)19)6-8(9)15/h2-6H,15H2,1H3,(H,18,19). The van der Waals surface area contributed by atoms with Gasteiger partial charge in [-0.1, -0.05) is 0 Å². The molecule has 1 aromatic heterocycles. The molecule has 2 rings (SSSR count). The van der Waals surface area contributed by atoms with E-state index in [1.807, 2.05) is 0 Å². The minimum atomic E-state index is -1.08. The van der Waals surface area contributed by atoms with Crippen molar-refractivity contribution in [3.8, 4) is 0 Å². The predicted molar refractivity (Wildman–Crippen MR) is 77.0 cm³/mol. The van der Waals surface area contributed by atoms with Crippen molar-refractivity contribution in [3.63, 3.8) is 0 Å². The lowest BCUT2D eigenvalue weighted by Crippen LogP contribution is -2.26. The van der Waals surface area contributed by atoms with Gasteiger partial charge in [-0.05, 0) is 46.3 Å². The summed E-state index contributed by atoms with van der Waals surface area (Å²) in [5.41, 5.74) is 6.46. The topological polar surface area (TPSA) is 96.8 Å².